The fraction of sp³-hybridized carbons (Fsp3) is 0.400. The maximum Gasteiger partial charge on any atom is 0.269 e. The Bertz CT molecular complexity index is 1290. The van der Waals surface area contributed by atoms with E-state index in [1.165, 1.54) is 29.2 Å². The van der Waals surface area contributed by atoms with E-state index in [4.69, 9.17) is 23.2 Å². The first-order valence-electron chi connectivity index (χ1n) is 11.8. The summed E-state index contributed by atoms with van der Waals surface area (Å²) in [6.45, 7) is 0.778. The normalized spacial score (nSPS) is 18.0. The first-order valence-corrected chi connectivity index (χ1v) is 14.0. The molecule has 0 saturated heterocycles. The Labute approximate surface area is 220 Å². The Balaban J connectivity index is 1.59. The van der Waals surface area contributed by atoms with Gasteiger partial charge in [0.1, 0.15) is 17.5 Å². The second-order valence-electron chi connectivity index (χ2n) is 9.09. The van der Waals surface area contributed by atoms with Crippen molar-refractivity contribution in [3.05, 3.63) is 63.6 Å². The van der Waals surface area contributed by atoms with E-state index in [2.05, 4.69) is 5.32 Å². The van der Waals surface area contributed by atoms with E-state index in [-0.39, 0.29) is 29.0 Å². The first-order chi connectivity index (χ1) is 17.1. The van der Waals surface area contributed by atoms with Gasteiger partial charge in [0.15, 0.2) is 0 Å². The molecule has 0 unspecified atom stereocenters. The van der Waals surface area contributed by atoms with Crippen LogP contribution >= 0.6 is 23.2 Å². The lowest BCUT2D eigenvalue weighted by Crippen LogP contribution is -2.52. The van der Waals surface area contributed by atoms with E-state index in [0.29, 0.717) is 19.9 Å². The molecule has 1 atom stereocenters. The molecule has 36 heavy (non-hydrogen) atoms. The highest BCUT2D eigenvalue weighted by Gasteiger charge is 2.43. The lowest BCUT2D eigenvalue weighted by atomic mass is 9.95. The van der Waals surface area contributed by atoms with Gasteiger partial charge in [0.05, 0.1) is 5.56 Å². The maximum absolute atomic E-state index is 13.5. The summed E-state index contributed by atoms with van der Waals surface area (Å²) in [5, 5.41) is 3.73. The molecule has 0 radical (unpaired) electrons. The number of sulfonamides is 1. The Morgan fingerprint density at radius 2 is 1.81 bits per heavy atom. The third kappa shape index (κ3) is 5.38. The molecule has 4 rings (SSSR count). The predicted octanol–water partition coefficient (Wildman–Crippen LogP) is 4.00. The average Bonchev–Trinajstić information content (AvgIpc) is 3.04. The summed E-state index contributed by atoms with van der Waals surface area (Å²) in [5.41, 5.74) is 0.548. The predicted molar refractivity (Wildman–Crippen MR) is 136 cm³/mol. The molecule has 1 aliphatic heterocycles. The second kappa shape index (κ2) is 10.8. The summed E-state index contributed by atoms with van der Waals surface area (Å²) in [5.74, 6) is -1.82. The van der Waals surface area contributed by atoms with Crippen LogP contribution in [0.15, 0.2) is 47.4 Å². The van der Waals surface area contributed by atoms with Gasteiger partial charge in [-0.25, -0.2) is 12.7 Å². The number of rotatable bonds is 7. The van der Waals surface area contributed by atoms with Crippen LogP contribution < -0.4 is 5.32 Å². The Morgan fingerprint density at radius 3 is 2.47 bits per heavy atom. The average molecular weight is 552 g/mol. The van der Waals surface area contributed by atoms with Gasteiger partial charge in [0, 0.05) is 22.6 Å². The molecule has 1 heterocycles. The highest BCUT2D eigenvalue weighted by Crippen LogP contribution is 2.30. The van der Waals surface area contributed by atoms with Crippen LogP contribution in [0.25, 0.3) is 0 Å². The van der Waals surface area contributed by atoms with Crippen LogP contribution in [-0.2, 0) is 26.2 Å². The van der Waals surface area contributed by atoms with Crippen molar-refractivity contribution in [2.75, 3.05) is 6.54 Å². The summed E-state index contributed by atoms with van der Waals surface area (Å²) < 4.78 is 26.5. The van der Waals surface area contributed by atoms with Crippen molar-refractivity contribution in [2.45, 2.75) is 62.6 Å². The monoisotopic (exact) mass is 551 g/mol. The molecule has 8 nitrogen and oxygen atoms in total. The molecule has 1 saturated carbocycles. The maximum atomic E-state index is 13.5. The topological polar surface area (TPSA) is 104 Å². The first kappa shape index (κ1) is 26.4. The molecule has 11 heteroatoms. The highest BCUT2D eigenvalue weighted by molar-refractivity contribution is 7.90. The lowest BCUT2D eigenvalue weighted by Gasteiger charge is -2.32. The Hall–Kier alpha value is -2.62. The van der Waals surface area contributed by atoms with E-state index in [9.17, 15) is 22.8 Å². The number of fused-ring (bicyclic) bond motifs is 1. The van der Waals surface area contributed by atoms with Crippen molar-refractivity contribution in [2.24, 2.45) is 0 Å². The summed E-state index contributed by atoms with van der Waals surface area (Å²) in [6.07, 6.45) is 4.92. The van der Waals surface area contributed by atoms with Crippen molar-refractivity contribution in [1.29, 1.82) is 0 Å². The fourth-order valence-corrected chi connectivity index (χ4v) is 6.57. The van der Waals surface area contributed by atoms with Gasteiger partial charge in [0.2, 0.25) is 11.8 Å². The van der Waals surface area contributed by atoms with Crippen LogP contribution in [0.2, 0.25) is 10.0 Å². The van der Waals surface area contributed by atoms with Crippen molar-refractivity contribution in [1.82, 2.24) is 14.5 Å². The summed E-state index contributed by atoms with van der Waals surface area (Å²) >= 11 is 12.3. The summed E-state index contributed by atoms with van der Waals surface area (Å²) in [6, 6.07) is 9.69. The molecule has 0 bridgehead atoms. The van der Waals surface area contributed by atoms with Gasteiger partial charge in [-0.1, -0.05) is 60.7 Å². The second-order valence-corrected chi connectivity index (χ2v) is 11.8. The standard InChI is InChI=1S/C25H27Cl2N3O5S/c1-16(24(32)28-19-7-3-2-4-8-19)29(14-17-11-12-18(26)13-21(17)27)23(31)15-30-25(33)20-9-5-6-10-22(20)36(30,34)35/h5-6,9-13,16,19H,2-4,7-8,14-15H2,1H3,(H,28,32)/t16-/m0/s1. The molecule has 2 aromatic carbocycles. The number of carbonyl (C=O) groups excluding carboxylic acids is 3. The molecule has 1 aliphatic carbocycles. The zero-order chi connectivity index (χ0) is 26.0. The molecule has 192 valence electrons. The molecule has 3 amide bonds. The number of carbonyl (C=O) groups is 3. The van der Waals surface area contributed by atoms with Gasteiger partial charge < -0.3 is 10.2 Å². The number of nitrogens with zero attached hydrogens (tertiary/aromatic N) is 2. The van der Waals surface area contributed by atoms with Crippen LogP contribution in [0.1, 0.15) is 54.9 Å². The molecule has 1 N–H and O–H groups in total. The highest BCUT2D eigenvalue weighted by atomic mass is 35.5. The van der Waals surface area contributed by atoms with Crippen LogP contribution in [0.5, 0.6) is 0 Å². The zero-order valence-electron chi connectivity index (χ0n) is 19.7. The van der Waals surface area contributed by atoms with Crippen molar-refractivity contribution in [3.63, 3.8) is 0 Å². The molecule has 0 spiro atoms. The van der Waals surface area contributed by atoms with Gasteiger partial charge in [-0.2, -0.15) is 0 Å². The number of benzene rings is 2. The van der Waals surface area contributed by atoms with Crippen LogP contribution in [0.3, 0.4) is 0 Å². The van der Waals surface area contributed by atoms with Gasteiger partial charge >= 0.3 is 0 Å². The van der Waals surface area contributed by atoms with Gasteiger partial charge in [-0.3, -0.25) is 14.4 Å². The Morgan fingerprint density at radius 1 is 1.11 bits per heavy atom. The molecular weight excluding hydrogens is 525 g/mol. The SMILES string of the molecule is C[C@@H](C(=O)NC1CCCCC1)N(Cc1ccc(Cl)cc1Cl)C(=O)CN1C(=O)c2ccccc2S1(=O)=O. The molecule has 2 aromatic rings. The van der Waals surface area contributed by atoms with Crippen molar-refractivity contribution in [3.8, 4) is 0 Å². The fourth-order valence-electron chi connectivity index (χ4n) is 4.59. The van der Waals surface area contributed by atoms with E-state index in [0.717, 1.165) is 32.1 Å². The van der Waals surface area contributed by atoms with Gasteiger partial charge in [-0.05, 0) is 49.6 Å². The van der Waals surface area contributed by atoms with E-state index >= 15 is 0 Å². The number of hydrogen-bond acceptors (Lipinski definition) is 5. The molecule has 0 aromatic heterocycles. The molecule has 1 fully saturated rings. The zero-order valence-corrected chi connectivity index (χ0v) is 22.1. The number of amides is 3. The molecular formula is C25H27Cl2N3O5S. The third-order valence-corrected chi connectivity index (χ3v) is 9.04. The van der Waals surface area contributed by atoms with Crippen molar-refractivity contribution < 1.29 is 22.8 Å². The minimum absolute atomic E-state index is 0.0145. The van der Waals surface area contributed by atoms with Crippen molar-refractivity contribution >= 4 is 50.9 Å². The minimum atomic E-state index is -4.19. The minimum Gasteiger partial charge on any atom is -0.352 e. The summed E-state index contributed by atoms with van der Waals surface area (Å²) in [7, 11) is -4.19. The summed E-state index contributed by atoms with van der Waals surface area (Å²) in [4.78, 5) is 40.6. The number of nitrogens with one attached hydrogen (secondary N) is 1. The molecule has 2 aliphatic rings. The number of hydrogen-bond donors (Lipinski definition) is 1. The van der Waals surface area contributed by atoms with Crippen LogP contribution in [-0.4, -0.2) is 54.0 Å². The third-order valence-electron chi connectivity index (χ3n) is 6.67. The van der Waals surface area contributed by atoms with Crippen LogP contribution in [0.4, 0.5) is 0 Å². The van der Waals surface area contributed by atoms with E-state index < -0.39 is 34.4 Å². The van der Waals surface area contributed by atoms with Gasteiger partial charge in [0.25, 0.3) is 15.9 Å². The lowest BCUT2D eigenvalue weighted by molar-refractivity contribution is -0.140. The van der Waals surface area contributed by atoms with Crippen LogP contribution in [0, 0.1) is 0 Å². The van der Waals surface area contributed by atoms with E-state index in [1.807, 2.05) is 0 Å². The smallest absolute Gasteiger partial charge is 0.269 e. The quantitative estimate of drug-likeness (QED) is 0.559. The Kier molecular flexibility index (Phi) is 7.92. The van der Waals surface area contributed by atoms with Gasteiger partial charge in [-0.15, -0.1) is 0 Å². The largest absolute Gasteiger partial charge is 0.352 e. The number of halogens is 2. The van der Waals surface area contributed by atoms with E-state index in [1.54, 1.807) is 25.1 Å².